The van der Waals surface area contributed by atoms with Crippen LogP contribution < -0.4 is 4.74 Å². The zero-order valence-corrected chi connectivity index (χ0v) is 13.2. The number of rotatable bonds is 6. The molecular weight excluding hydrogens is 294 g/mol. The number of benzene rings is 1. The molecular formula is C17H17N3OS. The first kappa shape index (κ1) is 14.7. The van der Waals surface area contributed by atoms with Gasteiger partial charge in [-0.15, -0.1) is 11.8 Å². The van der Waals surface area contributed by atoms with Gasteiger partial charge in [-0.1, -0.05) is 37.3 Å². The predicted molar refractivity (Wildman–Crippen MR) is 88.5 cm³/mol. The third kappa shape index (κ3) is 3.49. The van der Waals surface area contributed by atoms with Crippen LogP contribution in [-0.4, -0.2) is 20.5 Å². The monoisotopic (exact) mass is 311 g/mol. The van der Waals surface area contributed by atoms with Gasteiger partial charge in [-0.25, -0.2) is 9.67 Å². The quantitative estimate of drug-likeness (QED) is 0.646. The summed E-state index contributed by atoms with van der Waals surface area (Å²) in [6.07, 6.45) is 5.37. The molecule has 0 atom stereocenters. The number of nitrogens with zero attached hydrogens (tertiary/aromatic N) is 3. The van der Waals surface area contributed by atoms with E-state index in [2.05, 4.69) is 23.1 Å². The van der Waals surface area contributed by atoms with E-state index in [0.29, 0.717) is 6.61 Å². The van der Waals surface area contributed by atoms with Crippen molar-refractivity contribution >= 4 is 11.8 Å². The van der Waals surface area contributed by atoms with E-state index in [4.69, 9.17) is 4.74 Å². The van der Waals surface area contributed by atoms with E-state index >= 15 is 0 Å². The summed E-state index contributed by atoms with van der Waals surface area (Å²) in [6, 6.07) is 14.1. The van der Waals surface area contributed by atoms with Crippen LogP contribution in [0.1, 0.15) is 12.5 Å². The molecule has 0 aliphatic heterocycles. The van der Waals surface area contributed by atoms with Crippen molar-refractivity contribution in [1.29, 1.82) is 0 Å². The molecule has 0 amide bonds. The maximum absolute atomic E-state index is 5.78. The Kier molecular flexibility index (Phi) is 4.75. The first-order chi connectivity index (χ1) is 10.9. The largest absolute Gasteiger partial charge is 0.486 e. The molecule has 112 valence electrons. The van der Waals surface area contributed by atoms with E-state index in [0.717, 1.165) is 27.8 Å². The van der Waals surface area contributed by atoms with Crippen LogP contribution in [0.25, 0.3) is 5.82 Å². The molecule has 5 heteroatoms. The molecule has 4 nitrogen and oxygen atoms in total. The summed E-state index contributed by atoms with van der Waals surface area (Å²) in [4.78, 5) is 5.54. The molecule has 0 N–H and O–H groups in total. The summed E-state index contributed by atoms with van der Waals surface area (Å²) in [5.41, 5.74) is 1.13. The molecule has 0 aliphatic carbocycles. The summed E-state index contributed by atoms with van der Waals surface area (Å²) in [7, 11) is 0. The molecule has 0 fully saturated rings. The van der Waals surface area contributed by atoms with Gasteiger partial charge >= 0.3 is 0 Å². The lowest BCUT2D eigenvalue weighted by Crippen LogP contribution is -2.00. The molecule has 22 heavy (non-hydrogen) atoms. The van der Waals surface area contributed by atoms with E-state index in [-0.39, 0.29) is 0 Å². The van der Waals surface area contributed by atoms with Gasteiger partial charge in [0, 0.05) is 6.20 Å². The molecule has 0 saturated heterocycles. The maximum Gasteiger partial charge on any atom is 0.167 e. The SMILES string of the molecule is CCSc1cccnc1-n1cc(OCc2ccccc2)cn1. The standard InChI is InChI=1S/C17H17N3OS/c1-2-22-16-9-6-10-18-17(16)20-12-15(11-19-20)21-13-14-7-4-3-5-8-14/h3-12H,2,13H2,1H3. The van der Waals surface area contributed by atoms with Crippen molar-refractivity contribution in [3.63, 3.8) is 0 Å². The second-order valence-electron chi connectivity index (χ2n) is 4.65. The lowest BCUT2D eigenvalue weighted by atomic mass is 10.2. The molecule has 0 spiro atoms. The van der Waals surface area contributed by atoms with Gasteiger partial charge in [-0.05, 0) is 23.4 Å². The first-order valence-electron chi connectivity index (χ1n) is 7.16. The van der Waals surface area contributed by atoms with Gasteiger partial charge in [0.1, 0.15) is 6.61 Å². The van der Waals surface area contributed by atoms with E-state index < -0.39 is 0 Å². The van der Waals surface area contributed by atoms with Crippen LogP contribution in [0.5, 0.6) is 5.75 Å². The normalized spacial score (nSPS) is 10.6. The Labute approximate surface area is 134 Å². The van der Waals surface area contributed by atoms with Crippen molar-refractivity contribution < 1.29 is 4.74 Å². The number of pyridine rings is 1. The average molecular weight is 311 g/mol. The van der Waals surface area contributed by atoms with Crippen molar-refractivity contribution in [2.75, 3.05) is 5.75 Å². The number of hydrogen-bond donors (Lipinski definition) is 0. The van der Waals surface area contributed by atoms with Crippen LogP contribution >= 0.6 is 11.8 Å². The predicted octanol–water partition coefficient (Wildman–Crippen LogP) is 3.96. The van der Waals surface area contributed by atoms with Crippen LogP contribution in [0.3, 0.4) is 0 Å². The number of hydrogen-bond acceptors (Lipinski definition) is 4. The highest BCUT2D eigenvalue weighted by Crippen LogP contribution is 2.24. The molecule has 0 saturated carbocycles. The van der Waals surface area contributed by atoms with Crippen LogP contribution in [-0.2, 0) is 6.61 Å². The Hall–Kier alpha value is -2.27. The molecule has 0 aliphatic rings. The van der Waals surface area contributed by atoms with Crippen LogP contribution in [0, 0.1) is 0 Å². The molecule has 0 radical (unpaired) electrons. The summed E-state index contributed by atoms with van der Waals surface area (Å²) in [5.74, 6) is 2.57. The van der Waals surface area contributed by atoms with E-state index in [1.54, 1.807) is 28.8 Å². The summed E-state index contributed by atoms with van der Waals surface area (Å²) in [5, 5.41) is 4.36. The number of aromatic nitrogens is 3. The average Bonchev–Trinajstić information content (AvgIpc) is 3.04. The van der Waals surface area contributed by atoms with E-state index in [1.165, 1.54) is 0 Å². The minimum atomic E-state index is 0.533. The molecule has 0 bridgehead atoms. The lowest BCUT2D eigenvalue weighted by Gasteiger charge is -2.06. The maximum atomic E-state index is 5.78. The fourth-order valence-electron chi connectivity index (χ4n) is 2.06. The van der Waals surface area contributed by atoms with Crippen molar-refractivity contribution in [2.24, 2.45) is 0 Å². The van der Waals surface area contributed by atoms with Crippen LogP contribution in [0.4, 0.5) is 0 Å². The lowest BCUT2D eigenvalue weighted by molar-refractivity contribution is 0.306. The minimum absolute atomic E-state index is 0.533. The molecule has 3 rings (SSSR count). The van der Waals surface area contributed by atoms with Gasteiger partial charge < -0.3 is 4.74 Å². The minimum Gasteiger partial charge on any atom is -0.486 e. The van der Waals surface area contributed by atoms with Crippen molar-refractivity contribution in [3.8, 4) is 11.6 Å². The van der Waals surface area contributed by atoms with Gasteiger partial charge in [0.05, 0.1) is 17.3 Å². The Morgan fingerprint density at radius 3 is 2.82 bits per heavy atom. The fraction of sp³-hybridized carbons (Fsp3) is 0.176. The van der Waals surface area contributed by atoms with Crippen LogP contribution in [0.2, 0.25) is 0 Å². The first-order valence-corrected chi connectivity index (χ1v) is 8.15. The van der Waals surface area contributed by atoms with Gasteiger partial charge in [0.25, 0.3) is 0 Å². The molecule has 0 unspecified atom stereocenters. The van der Waals surface area contributed by atoms with Gasteiger partial charge in [-0.3, -0.25) is 0 Å². The highest BCUT2D eigenvalue weighted by molar-refractivity contribution is 7.99. The second-order valence-corrected chi connectivity index (χ2v) is 5.96. The zero-order chi connectivity index (χ0) is 15.2. The van der Waals surface area contributed by atoms with E-state index in [9.17, 15) is 0 Å². The Morgan fingerprint density at radius 1 is 1.14 bits per heavy atom. The molecule has 2 aromatic heterocycles. The van der Waals surface area contributed by atoms with Crippen molar-refractivity contribution in [3.05, 3.63) is 66.6 Å². The third-order valence-electron chi connectivity index (χ3n) is 3.07. The van der Waals surface area contributed by atoms with Crippen molar-refractivity contribution in [1.82, 2.24) is 14.8 Å². The number of ether oxygens (including phenoxy) is 1. The van der Waals surface area contributed by atoms with Gasteiger partial charge in [0.15, 0.2) is 11.6 Å². The Morgan fingerprint density at radius 2 is 2.00 bits per heavy atom. The Bertz CT molecular complexity index is 728. The molecule has 1 aromatic carbocycles. The van der Waals surface area contributed by atoms with Crippen molar-refractivity contribution in [2.45, 2.75) is 18.4 Å². The highest BCUT2D eigenvalue weighted by Gasteiger charge is 2.08. The Balaban J connectivity index is 1.74. The number of thioether (sulfide) groups is 1. The van der Waals surface area contributed by atoms with E-state index in [1.807, 2.05) is 42.6 Å². The fourth-order valence-corrected chi connectivity index (χ4v) is 2.82. The van der Waals surface area contributed by atoms with Gasteiger partial charge in [0.2, 0.25) is 0 Å². The smallest absolute Gasteiger partial charge is 0.167 e. The third-order valence-corrected chi connectivity index (χ3v) is 3.99. The highest BCUT2D eigenvalue weighted by atomic mass is 32.2. The summed E-state index contributed by atoms with van der Waals surface area (Å²) in [6.45, 7) is 2.66. The topological polar surface area (TPSA) is 39.9 Å². The zero-order valence-electron chi connectivity index (χ0n) is 12.3. The van der Waals surface area contributed by atoms with Crippen LogP contribution in [0.15, 0.2) is 66.0 Å². The summed E-state index contributed by atoms with van der Waals surface area (Å²) >= 11 is 1.75. The second kappa shape index (κ2) is 7.13. The summed E-state index contributed by atoms with van der Waals surface area (Å²) < 4.78 is 7.54. The molecule has 3 aromatic rings. The molecule has 2 heterocycles. The van der Waals surface area contributed by atoms with Gasteiger partial charge in [-0.2, -0.15) is 5.10 Å².